The van der Waals surface area contributed by atoms with Crippen LogP contribution in [0.5, 0.6) is 5.75 Å². The Kier molecular flexibility index (Phi) is 8.33. The summed E-state index contributed by atoms with van der Waals surface area (Å²) in [4.78, 5) is 15.4. The summed E-state index contributed by atoms with van der Waals surface area (Å²) in [5.41, 5.74) is 0.892. The Hall–Kier alpha value is -2.63. The van der Waals surface area contributed by atoms with Gasteiger partial charge in [0.25, 0.3) is 0 Å². The number of aryl methyl sites for hydroxylation is 1. The van der Waals surface area contributed by atoms with Crippen LogP contribution in [0, 0.1) is 6.92 Å². The number of carboxylic acid groups (broad SMARTS) is 1. The number of carbonyl (C=O) groups is 1. The molecule has 0 bridgehead atoms. The van der Waals surface area contributed by atoms with Gasteiger partial charge in [-0.25, -0.2) is 9.78 Å². The Balaban J connectivity index is 1.56. The topological polar surface area (TPSA) is 100 Å². The van der Waals surface area contributed by atoms with Crippen molar-refractivity contribution >= 4 is 5.97 Å². The van der Waals surface area contributed by atoms with E-state index in [1.807, 2.05) is 0 Å². The van der Waals surface area contributed by atoms with Gasteiger partial charge in [0.2, 0.25) is 5.89 Å². The lowest BCUT2D eigenvalue weighted by atomic mass is 9.95. The van der Waals surface area contributed by atoms with E-state index in [-0.39, 0.29) is 37.1 Å². The number of ether oxygens (including phenoxy) is 4. The van der Waals surface area contributed by atoms with Crippen molar-refractivity contribution in [3.05, 3.63) is 35.7 Å². The Morgan fingerprint density at radius 3 is 2.67 bits per heavy atom. The van der Waals surface area contributed by atoms with Gasteiger partial charge in [-0.15, -0.1) is 13.2 Å². The minimum absolute atomic E-state index is 0.0356. The average molecular weight is 473 g/mol. The molecule has 0 amide bonds. The van der Waals surface area contributed by atoms with Crippen molar-refractivity contribution in [2.24, 2.45) is 0 Å². The molecule has 0 radical (unpaired) electrons. The molecular formula is C22H26F3NO7. The zero-order valence-corrected chi connectivity index (χ0v) is 18.3. The van der Waals surface area contributed by atoms with E-state index in [2.05, 4.69) is 9.72 Å². The van der Waals surface area contributed by atoms with Crippen molar-refractivity contribution < 1.29 is 46.4 Å². The standard InChI is InChI=1S/C22H26F3NO7/c1-13-18(26-20(32-13)14-5-3-8-17(9-14)33-22(23,24)25)11-30-15-6-4-7-16(10-15)31-12-19(29-2)21(27)28/h3,5,8-9,15-16,19H,4,6-7,10-12H2,1-2H3,(H,27,28). The maximum absolute atomic E-state index is 12.5. The third-order valence-electron chi connectivity index (χ3n) is 5.28. The molecule has 1 fully saturated rings. The number of aliphatic carboxylic acids is 1. The van der Waals surface area contributed by atoms with Gasteiger partial charge in [-0.2, -0.15) is 0 Å². The summed E-state index contributed by atoms with van der Waals surface area (Å²) in [6.07, 6.45) is -2.92. The van der Waals surface area contributed by atoms with Gasteiger partial charge in [0.15, 0.2) is 6.10 Å². The number of halogens is 3. The quantitative estimate of drug-likeness (QED) is 0.539. The molecule has 8 nitrogen and oxygen atoms in total. The van der Waals surface area contributed by atoms with Crippen LogP contribution in [0.15, 0.2) is 28.7 Å². The van der Waals surface area contributed by atoms with Gasteiger partial charge in [-0.3, -0.25) is 0 Å². The van der Waals surface area contributed by atoms with Crippen molar-refractivity contribution in [2.75, 3.05) is 13.7 Å². The van der Waals surface area contributed by atoms with Crippen molar-refractivity contribution in [2.45, 2.75) is 63.9 Å². The van der Waals surface area contributed by atoms with Gasteiger partial charge in [0.1, 0.15) is 17.2 Å². The smallest absolute Gasteiger partial charge is 0.479 e. The zero-order valence-electron chi connectivity index (χ0n) is 18.3. The van der Waals surface area contributed by atoms with Crippen molar-refractivity contribution in [3.8, 4) is 17.2 Å². The highest BCUT2D eigenvalue weighted by Crippen LogP contribution is 2.30. The molecule has 0 saturated heterocycles. The molecule has 3 atom stereocenters. The number of alkyl halides is 3. The first-order valence-electron chi connectivity index (χ1n) is 10.5. The fourth-order valence-electron chi connectivity index (χ4n) is 3.58. The molecule has 1 heterocycles. The largest absolute Gasteiger partial charge is 0.573 e. The van der Waals surface area contributed by atoms with Crippen LogP contribution in [-0.2, 0) is 25.6 Å². The lowest BCUT2D eigenvalue weighted by Gasteiger charge is -2.29. The summed E-state index contributed by atoms with van der Waals surface area (Å²) in [6, 6.07) is 5.40. The average Bonchev–Trinajstić information content (AvgIpc) is 3.12. The molecule has 11 heteroatoms. The van der Waals surface area contributed by atoms with Gasteiger partial charge in [0, 0.05) is 12.7 Å². The second-order valence-corrected chi connectivity index (χ2v) is 7.72. The van der Waals surface area contributed by atoms with E-state index in [1.54, 1.807) is 13.0 Å². The highest BCUT2D eigenvalue weighted by Gasteiger charge is 2.31. The lowest BCUT2D eigenvalue weighted by molar-refractivity contribution is -0.274. The van der Waals surface area contributed by atoms with Gasteiger partial charge < -0.3 is 28.5 Å². The first-order chi connectivity index (χ1) is 15.6. The summed E-state index contributed by atoms with van der Waals surface area (Å²) >= 11 is 0. The minimum atomic E-state index is -4.79. The predicted octanol–water partition coefficient (Wildman–Crippen LogP) is 4.49. The third kappa shape index (κ3) is 7.44. The Bertz CT molecular complexity index is 931. The number of hydrogen-bond donors (Lipinski definition) is 1. The van der Waals surface area contributed by atoms with E-state index in [9.17, 15) is 18.0 Å². The molecule has 3 rings (SSSR count). The summed E-state index contributed by atoms with van der Waals surface area (Å²) in [5.74, 6) is -0.766. The van der Waals surface area contributed by atoms with Gasteiger partial charge in [0.05, 0.1) is 25.4 Å². The van der Waals surface area contributed by atoms with Gasteiger partial charge in [-0.1, -0.05) is 6.07 Å². The molecular weight excluding hydrogens is 447 g/mol. The van der Waals surface area contributed by atoms with E-state index in [4.69, 9.17) is 23.7 Å². The van der Waals surface area contributed by atoms with E-state index in [0.29, 0.717) is 23.4 Å². The number of methoxy groups -OCH3 is 1. The molecule has 1 aliphatic carbocycles. The SMILES string of the molecule is COC(COC1CCCC(OCc2nc(-c3cccc(OC(F)(F)F)c3)oc2C)C1)C(=O)O. The lowest BCUT2D eigenvalue weighted by Crippen LogP contribution is -2.34. The second kappa shape index (κ2) is 11.0. The highest BCUT2D eigenvalue weighted by atomic mass is 19.4. The Morgan fingerprint density at radius 2 is 2.00 bits per heavy atom. The number of rotatable bonds is 10. The van der Waals surface area contributed by atoms with E-state index >= 15 is 0 Å². The maximum atomic E-state index is 12.5. The third-order valence-corrected chi connectivity index (χ3v) is 5.28. The van der Waals surface area contributed by atoms with E-state index in [0.717, 1.165) is 19.3 Å². The molecule has 2 aromatic rings. The first kappa shape index (κ1) is 25.0. The van der Waals surface area contributed by atoms with Crippen LogP contribution in [0.4, 0.5) is 13.2 Å². The Morgan fingerprint density at radius 1 is 1.27 bits per heavy atom. The maximum Gasteiger partial charge on any atom is 0.573 e. The van der Waals surface area contributed by atoms with Crippen molar-refractivity contribution in [3.63, 3.8) is 0 Å². The van der Waals surface area contributed by atoms with Crippen molar-refractivity contribution in [1.29, 1.82) is 0 Å². The molecule has 1 aromatic carbocycles. The normalized spacial score (nSPS) is 19.9. The molecule has 33 heavy (non-hydrogen) atoms. The van der Waals surface area contributed by atoms with Crippen LogP contribution < -0.4 is 4.74 Å². The van der Waals surface area contributed by atoms with Gasteiger partial charge in [-0.05, 0) is 50.8 Å². The molecule has 1 aromatic heterocycles. The monoisotopic (exact) mass is 473 g/mol. The van der Waals surface area contributed by atoms with E-state index < -0.39 is 18.4 Å². The van der Waals surface area contributed by atoms with Crippen LogP contribution >= 0.6 is 0 Å². The molecule has 1 saturated carbocycles. The summed E-state index contributed by atoms with van der Waals surface area (Å²) in [7, 11) is 1.32. The fraction of sp³-hybridized carbons (Fsp3) is 0.545. The summed E-state index contributed by atoms with van der Waals surface area (Å²) < 4.78 is 63.5. The van der Waals surface area contributed by atoms with Crippen LogP contribution in [0.3, 0.4) is 0 Å². The summed E-state index contributed by atoms with van der Waals surface area (Å²) in [5, 5.41) is 9.04. The predicted molar refractivity (Wildman–Crippen MR) is 109 cm³/mol. The molecule has 0 aliphatic heterocycles. The number of carboxylic acids is 1. The van der Waals surface area contributed by atoms with Crippen LogP contribution in [0.2, 0.25) is 0 Å². The fourth-order valence-corrected chi connectivity index (χ4v) is 3.58. The van der Waals surface area contributed by atoms with Gasteiger partial charge >= 0.3 is 12.3 Å². The number of hydrogen-bond acceptors (Lipinski definition) is 7. The van der Waals surface area contributed by atoms with E-state index in [1.165, 1.54) is 25.3 Å². The second-order valence-electron chi connectivity index (χ2n) is 7.72. The number of oxazole rings is 1. The Labute approximate surface area is 188 Å². The molecule has 0 spiro atoms. The van der Waals surface area contributed by atoms with Crippen LogP contribution in [-0.4, -0.2) is 54.5 Å². The minimum Gasteiger partial charge on any atom is -0.479 e. The van der Waals surface area contributed by atoms with Crippen LogP contribution in [0.1, 0.15) is 37.1 Å². The van der Waals surface area contributed by atoms with Crippen LogP contribution in [0.25, 0.3) is 11.5 Å². The molecule has 1 N–H and O–H groups in total. The number of aromatic nitrogens is 1. The highest BCUT2D eigenvalue weighted by molar-refractivity contribution is 5.72. The zero-order chi connectivity index (χ0) is 24.0. The summed E-state index contributed by atoms with van der Waals surface area (Å²) in [6.45, 7) is 1.84. The first-order valence-corrected chi connectivity index (χ1v) is 10.5. The number of nitrogens with zero attached hydrogens (tertiary/aromatic N) is 1. The number of benzene rings is 1. The molecule has 182 valence electrons. The molecule has 3 unspecified atom stereocenters. The van der Waals surface area contributed by atoms with Crippen molar-refractivity contribution in [1.82, 2.24) is 4.98 Å². The molecule has 1 aliphatic rings.